The Labute approximate surface area is 145 Å². The Bertz CT molecular complexity index is 1080. The van der Waals surface area contributed by atoms with Gasteiger partial charge in [0.2, 0.25) is 5.91 Å². The fourth-order valence-electron chi connectivity index (χ4n) is 2.37. The lowest BCUT2D eigenvalue weighted by atomic mass is 10.1. The highest BCUT2D eigenvalue weighted by atomic mass is 19.4. The van der Waals surface area contributed by atoms with Crippen molar-refractivity contribution in [3.8, 4) is 11.3 Å². The van der Waals surface area contributed by atoms with E-state index in [1.54, 1.807) is 6.20 Å². The van der Waals surface area contributed by atoms with Gasteiger partial charge in [-0.2, -0.15) is 13.2 Å². The van der Waals surface area contributed by atoms with E-state index in [-0.39, 0.29) is 11.3 Å². The van der Waals surface area contributed by atoms with Crippen LogP contribution in [0.1, 0.15) is 11.1 Å². The van der Waals surface area contributed by atoms with Gasteiger partial charge >= 0.3 is 6.18 Å². The van der Waals surface area contributed by atoms with E-state index >= 15 is 0 Å². The number of amides is 1. The summed E-state index contributed by atoms with van der Waals surface area (Å²) in [5.74, 6) is -0.645. The average molecular weight is 357 g/mol. The first-order chi connectivity index (χ1) is 12.3. The Morgan fingerprint density at radius 2 is 2.12 bits per heavy atom. The smallest absolute Gasteiger partial charge is 0.366 e. The van der Waals surface area contributed by atoms with E-state index in [4.69, 9.17) is 12.3 Å². The number of aromatic nitrogens is 3. The van der Waals surface area contributed by atoms with Crippen LogP contribution in [0.5, 0.6) is 0 Å². The van der Waals surface area contributed by atoms with E-state index in [1.165, 1.54) is 18.3 Å². The number of carbonyl (C=O) groups excluding carboxylic acids is 1. The number of benzene rings is 1. The van der Waals surface area contributed by atoms with Crippen molar-refractivity contribution in [2.45, 2.75) is 6.18 Å². The minimum absolute atomic E-state index is 0.171. The third kappa shape index (κ3) is 3.25. The highest BCUT2D eigenvalue weighted by Crippen LogP contribution is 2.38. The molecule has 0 aliphatic rings. The maximum Gasteiger partial charge on any atom is 0.407 e. The molecule has 3 N–H and O–H groups in total. The molecule has 0 aliphatic carbocycles. The van der Waals surface area contributed by atoms with E-state index in [9.17, 15) is 18.0 Å². The second-order valence-corrected chi connectivity index (χ2v) is 5.27. The molecule has 0 saturated heterocycles. The molecule has 0 radical (unpaired) electrons. The zero-order valence-corrected chi connectivity index (χ0v) is 13.0. The van der Waals surface area contributed by atoms with Crippen LogP contribution < -0.4 is 5.73 Å². The van der Waals surface area contributed by atoms with Crippen LogP contribution in [0.15, 0.2) is 36.7 Å². The summed E-state index contributed by atoms with van der Waals surface area (Å²) >= 11 is 0. The molecular formula is C17H10F3N5O. The van der Waals surface area contributed by atoms with Gasteiger partial charge in [0.1, 0.15) is 5.52 Å². The summed E-state index contributed by atoms with van der Waals surface area (Å²) in [6, 6.07) is 3.35. The second kappa shape index (κ2) is 6.33. The number of nitrogens with two attached hydrogens (primary N) is 1. The molecular weight excluding hydrogens is 347 g/mol. The molecule has 130 valence electrons. The molecule has 2 heterocycles. The average Bonchev–Trinajstić information content (AvgIpc) is 3.00. The number of alkyl halides is 3. The van der Waals surface area contributed by atoms with Crippen LogP contribution in [-0.4, -0.2) is 20.9 Å². The van der Waals surface area contributed by atoms with E-state index < -0.39 is 23.3 Å². The van der Waals surface area contributed by atoms with E-state index in [0.717, 1.165) is 18.2 Å². The lowest BCUT2D eigenvalue weighted by Gasteiger charge is -2.10. The van der Waals surface area contributed by atoms with Crippen molar-refractivity contribution in [2.24, 2.45) is 5.73 Å². The molecule has 26 heavy (non-hydrogen) atoms. The highest BCUT2D eigenvalue weighted by Gasteiger charge is 2.33. The van der Waals surface area contributed by atoms with Crippen molar-refractivity contribution in [1.82, 2.24) is 15.0 Å². The van der Waals surface area contributed by atoms with Gasteiger partial charge in [-0.05, 0) is 11.6 Å². The maximum absolute atomic E-state index is 13.1. The number of nitrogens with zero attached hydrogens (tertiary/aromatic N) is 3. The maximum atomic E-state index is 13.1. The number of H-pyrrole nitrogens is 1. The summed E-state index contributed by atoms with van der Waals surface area (Å²) in [5.41, 5.74) is 5.21. The van der Waals surface area contributed by atoms with Gasteiger partial charge < -0.3 is 10.7 Å². The van der Waals surface area contributed by atoms with Crippen molar-refractivity contribution < 1.29 is 18.0 Å². The van der Waals surface area contributed by atoms with Crippen molar-refractivity contribution in [2.75, 3.05) is 0 Å². The molecule has 2 aromatic heterocycles. The number of primary amides is 1. The van der Waals surface area contributed by atoms with Crippen LogP contribution in [0.2, 0.25) is 0 Å². The number of carbonyl (C=O) groups is 1. The zero-order chi connectivity index (χ0) is 18.9. The van der Waals surface area contributed by atoms with Crippen molar-refractivity contribution in [3.63, 3.8) is 0 Å². The predicted molar refractivity (Wildman–Crippen MR) is 88.8 cm³/mol. The van der Waals surface area contributed by atoms with Gasteiger partial charge in [0.25, 0.3) is 0 Å². The monoisotopic (exact) mass is 357 g/mol. The first-order valence-electron chi connectivity index (χ1n) is 7.20. The Morgan fingerprint density at radius 1 is 1.35 bits per heavy atom. The van der Waals surface area contributed by atoms with Gasteiger partial charge in [0.15, 0.2) is 11.3 Å². The summed E-state index contributed by atoms with van der Waals surface area (Å²) < 4.78 is 39.4. The number of halogens is 3. The van der Waals surface area contributed by atoms with Crippen LogP contribution in [0.25, 0.3) is 33.3 Å². The quantitative estimate of drug-likeness (QED) is 0.553. The Balaban J connectivity index is 2.13. The van der Waals surface area contributed by atoms with Crippen molar-refractivity contribution in [3.05, 3.63) is 59.2 Å². The third-order valence-corrected chi connectivity index (χ3v) is 3.56. The van der Waals surface area contributed by atoms with E-state index in [0.29, 0.717) is 16.7 Å². The molecule has 3 aromatic rings. The zero-order valence-electron chi connectivity index (χ0n) is 13.0. The molecule has 1 amide bonds. The summed E-state index contributed by atoms with van der Waals surface area (Å²) in [6.07, 6.45) is 0.799. The molecule has 0 fully saturated rings. The molecule has 0 atom stereocenters. The van der Waals surface area contributed by atoms with Gasteiger partial charge in [0.05, 0.1) is 24.0 Å². The van der Waals surface area contributed by atoms with Gasteiger partial charge in [-0.1, -0.05) is 18.2 Å². The van der Waals surface area contributed by atoms with Gasteiger partial charge in [-0.15, -0.1) is 0 Å². The normalized spacial score (nSPS) is 11.8. The summed E-state index contributed by atoms with van der Waals surface area (Å²) in [6.45, 7) is 6.88. The minimum atomic E-state index is -4.66. The van der Waals surface area contributed by atoms with Crippen LogP contribution in [0.4, 0.5) is 18.9 Å². The van der Waals surface area contributed by atoms with E-state index in [1.807, 2.05) is 0 Å². The van der Waals surface area contributed by atoms with Crippen LogP contribution in [0.3, 0.4) is 0 Å². The Kier molecular flexibility index (Phi) is 4.18. The molecule has 3 rings (SSSR count). The van der Waals surface area contributed by atoms with Crippen LogP contribution in [0, 0.1) is 6.57 Å². The first-order valence-corrected chi connectivity index (χ1v) is 7.20. The highest BCUT2D eigenvalue weighted by molar-refractivity contribution is 5.93. The van der Waals surface area contributed by atoms with Crippen molar-refractivity contribution in [1.29, 1.82) is 0 Å². The summed E-state index contributed by atoms with van der Waals surface area (Å²) in [5, 5.41) is 0. The fourth-order valence-corrected chi connectivity index (χ4v) is 2.37. The van der Waals surface area contributed by atoms with Gasteiger partial charge in [-0.25, -0.2) is 14.8 Å². The Morgan fingerprint density at radius 3 is 2.77 bits per heavy atom. The second-order valence-electron chi connectivity index (χ2n) is 5.27. The molecule has 0 saturated carbocycles. The number of hydrogen-bond acceptors (Lipinski definition) is 3. The lowest BCUT2D eigenvalue weighted by Crippen LogP contribution is -2.05. The number of fused-ring (bicyclic) bond motifs is 1. The predicted octanol–water partition coefficient (Wildman–Crippen LogP) is 3.69. The standard InChI is InChI=1S/C17H10F3N5O/c1-22-12-4-2-9(6-11(12)17(18,19)20)13-8-24-16-15(25-13)10(7-23-16)3-5-14(21)26/h2-8H,(H2,21,26)(H,23,24)/b5-3+. The fraction of sp³-hybridized carbons (Fsp3) is 0.0588. The van der Waals surface area contributed by atoms with Gasteiger partial charge in [0, 0.05) is 17.8 Å². The SMILES string of the molecule is [C-]#[N+]c1ccc(-c2cnc3[nH]cc(/C=C/C(N)=O)c3n2)cc1C(F)(F)F. The summed E-state index contributed by atoms with van der Waals surface area (Å²) in [7, 11) is 0. The molecule has 9 heteroatoms. The van der Waals surface area contributed by atoms with Crippen LogP contribution in [-0.2, 0) is 11.0 Å². The van der Waals surface area contributed by atoms with Crippen molar-refractivity contribution >= 4 is 28.8 Å². The molecule has 0 spiro atoms. The number of aromatic amines is 1. The molecule has 0 aliphatic heterocycles. The molecule has 6 nitrogen and oxygen atoms in total. The molecule has 0 bridgehead atoms. The number of hydrogen-bond donors (Lipinski definition) is 2. The topological polar surface area (TPSA) is 89.0 Å². The first kappa shape index (κ1) is 17.2. The molecule has 0 unspecified atom stereocenters. The lowest BCUT2D eigenvalue weighted by molar-refractivity contribution is -0.136. The van der Waals surface area contributed by atoms with Gasteiger partial charge in [-0.3, -0.25) is 4.79 Å². The number of rotatable bonds is 3. The largest absolute Gasteiger partial charge is 0.407 e. The Hall–Kier alpha value is -3.67. The minimum Gasteiger partial charge on any atom is -0.366 e. The number of nitrogens with one attached hydrogen (secondary N) is 1. The van der Waals surface area contributed by atoms with Crippen LogP contribution >= 0.6 is 0 Å². The molecule has 1 aromatic carbocycles. The third-order valence-electron chi connectivity index (χ3n) is 3.56. The summed E-state index contributed by atoms with van der Waals surface area (Å²) in [4.78, 5) is 25.1. The van der Waals surface area contributed by atoms with E-state index in [2.05, 4.69) is 19.8 Å².